The summed E-state index contributed by atoms with van der Waals surface area (Å²) in [7, 11) is 0. The number of amides is 3. The predicted octanol–water partition coefficient (Wildman–Crippen LogP) is 2.45. The van der Waals surface area contributed by atoms with E-state index in [0.29, 0.717) is 12.8 Å². The summed E-state index contributed by atoms with van der Waals surface area (Å²) in [5.41, 5.74) is 8.62. The van der Waals surface area contributed by atoms with E-state index < -0.39 is 0 Å². The van der Waals surface area contributed by atoms with E-state index >= 15 is 0 Å². The first kappa shape index (κ1) is 18.7. The van der Waals surface area contributed by atoms with Crippen molar-refractivity contribution in [1.82, 2.24) is 15.8 Å². The standard InChI is InChI=1S/C22H22N4O3/c27-20(10-9-15-11-14-5-1-3-7-18(14)24-22(15)29)25-26-21(28)12-16-13-23-19-8-4-2-6-17(16)19/h1-8,13,15,23H,9-12H2,(H,24,29)(H,25,27)(H,26,28). The summed E-state index contributed by atoms with van der Waals surface area (Å²) < 4.78 is 0. The number of carbonyl (C=O) groups excluding carboxylic acids is 3. The van der Waals surface area contributed by atoms with Gasteiger partial charge in [0.25, 0.3) is 0 Å². The topological polar surface area (TPSA) is 103 Å². The minimum atomic E-state index is -0.316. The smallest absolute Gasteiger partial charge is 0.242 e. The van der Waals surface area contributed by atoms with Gasteiger partial charge >= 0.3 is 0 Å². The first-order valence-electron chi connectivity index (χ1n) is 9.61. The van der Waals surface area contributed by atoms with Gasteiger partial charge in [0.05, 0.1) is 6.42 Å². The van der Waals surface area contributed by atoms with Crippen LogP contribution in [-0.2, 0) is 27.2 Å². The van der Waals surface area contributed by atoms with Crippen LogP contribution in [0.4, 0.5) is 5.69 Å². The fourth-order valence-corrected chi connectivity index (χ4v) is 3.65. The average Bonchev–Trinajstić information content (AvgIpc) is 3.13. The maximum Gasteiger partial charge on any atom is 0.242 e. The maximum absolute atomic E-state index is 12.2. The summed E-state index contributed by atoms with van der Waals surface area (Å²) in [6.45, 7) is 0. The normalized spacial score (nSPS) is 15.4. The zero-order valence-corrected chi connectivity index (χ0v) is 15.8. The van der Waals surface area contributed by atoms with Gasteiger partial charge in [-0.3, -0.25) is 25.2 Å². The molecule has 0 aliphatic carbocycles. The lowest BCUT2D eigenvalue weighted by Gasteiger charge is -2.24. The van der Waals surface area contributed by atoms with Crippen LogP contribution in [0.5, 0.6) is 0 Å². The van der Waals surface area contributed by atoms with Gasteiger partial charge in [0.15, 0.2) is 0 Å². The van der Waals surface area contributed by atoms with Gasteiger partial charge in [0.1, 0.15) is 0 Å². The number of anilines is 1. The number of aromatic nitrogens is 1. The zero-order valence-electron chi connectivity index (χ0n) is 15.8. The van der Waals surface area contributed by atoms with Gasteiger partial charge in [0.2, 0.25) is 17.7 Å². The monoisotopic (exact) mass is 390 g/mol. The Balaban J connectivity index is 1.24. The largest absolute Gasteiger partial charge is 0.361 e. The van der Waals surface area contributed by atoms with E-state index in [1.165, 1.54) is 0 Å². The number of fused-ring (bicyclic) bond motifs is 2. The molecule has 4 rings (SSSR count). The molecule has 1 aromatic heterocycles. The van der Waals surface area contributed by atoms with Crippen LogP contribution in [0.2, 0.25) is 0 Å². The van der Waals surface area contributed by atoms with E-state index in [4.69, 9.17) is 0 Å². The first-order valence-corrected chi connectivity index (χ1v) is 9.61. The Kier molecular flexibility index (Phi) is 5.29. The number of carbonyl (C=O) groups is 3. The summed E-state index contributed by atoms with van der Waals surface area (Å²) in [6.07, 6.45) is 3.15. The Morgan fingerprint density at radius 1 is 1.00 bits per heavy atom. The second-order valence-corrected chi connectivity index (χ2v) is 7.22. The number of para-hydroxylation sites is 2. The zero-order chi connectivity index (χ0) is 20.2. The number of hydrogen-bond acceptors (Lipinski definition) is 3. The Labute approximate surface area is 167 Å². The quantitative estimate of drug-likeness (QED) is 0.503. The van der Waals surface area contributed by atoms with Crippen molar-refractivity contribution in [3.8, 4) is 0 Å². The summed E-state index contributed by atoms with van der Waals surface area (Å²) >= 11 is 0. The number of nitrogens with one attached hydrogen (secondary N) is 4. The fourth-order valence-electron chi connectivity index (χ4n) is 3.65. The Morgan fingerprint density at radius 3 is 2.66 bits per heavy atom. The molecule has 1 unspecified atom stereocenters. The lowest BCUT2D eigenvalue weighted by molar-refractivity contribution is -0.129. The van der Waals surface area contributed by atoms with E-state index in [9.17, 15) is 14.4 Å². The lowest BCUT2D eigenvalue weighted by atomic mass is 9.89. The Bertz CT molecular complexity index is 1070. The molecule has 0 bridgehead atoms. The SMILES string of the molecule is O=C(CCC1Cc2ccccc2NC1=O)NNC(=O)Cc1c[nH]c2ccccc12. The molecule has 2 aromatic carbocycles. The number of hydrogen-bond donors (Lipinski definition) is 4. The van der Waals surface area contributed by atoms with Crippen molar-refractivity contribution in [2.75, 3.05) is 5.32 Å². The summed E-state index contributed by atoms with van der Waals surface area (Å²) in [4.78, 5) is 39.6. The molecule has 0 radical (unpaired) electrons. The van der Waals surface area contributed by atoms with Gasteiger partial charge in [-0.2, -0.15) is 0 Å². The van der Waals surface area contributed by atoms with Crippen molar-refractivity contribution in [2.24, 2.45) is 5.92 Å². The molecule has 29 heavy (non-hydrogen) atoms. The molecule has 1 aliphatic rings. The van der Waals surface area contributed by atoms with Crippen molar-refractivity contribution in [3.05, 3.63) is 65.9 Å². The number of rotatable bonds is 5. The second kappa shape index (κ2) is 8.18. The summed E-state index contributed by atoms with van der Waals surface area (Å²) in [5, 5.41) is 3.86. The van der Waals surface area contributed by atoms with E-state index in [1.807, 2.05) is 48.5 Å². The van der Waals surface area contributed by atoms with E-state index in [0.717, 1.165) is 27.7 Å². The molecule has 7 nitrogen and oxygen atoms in total. The minimum absolute atomic E-state index is 0.0696. The third-order valence-electron chi connectivity index (χ3n) is 5.20. The molecule has 1 atom stereocenters. The van der Waals surface area contributed by atoms with Crippen molar-refractivity contribution in [2.45, 2.75) is 25.7 Å². The molecular formula is C22H22N4O3. The van der Waals surface area contributed by atoms with E-state index in [-0.39, 0.29) is 36.5 Å². The highest BCUT2D eigenvalue weighted by molar-refractivity contribution is 5.96. The number of hydrazine groups is 1. The Morgan fingerprint density at radius 2 is 1.76 bits per heavy atom. The average molecular weight is 390 g/mol. The van der Waals surface area contributed by atoms with Crippen LogP contribution in [0.3, 0.4) is 0 Å². The summed E-state index contributed by atoms with van der Waals surface area (Å²) in [5.74, 6) is -0.936. The molecule has 7 heteroatoms. The van der Waals surface area contributed by atoms with Crippen LogP contribution in [-0.4, -0.2) is 22.7 Å². The molecule has 3 amide bonds. The van der Waals surface area contributed by atoms with Crippen LogP contribution in [0, 0.1) is 5.92 Å². The molecule has 148 valence electrons. The number of aromatic amines is 1. The van der Waals surface area contributed by atoms with E-state index in [2.05, 4.69) is 21.2 Å². The van der Waals surface area contributed by atoms with E-state index in [1.54, 1.807) is 6.20 Å². The predicted molar refractivity (Wildman–Crippen MR) is 110 cm³/mol. The van der Waals surface area contributed by atoms with Gasteiger partial charge in [-0.25, -0.2) is 0 Å². The number of H-pyrrole nitrogens is 1. The third kappa shape index (κ3) is 4.29. The van der Waals surface area contributed by atoms with Gasteiger partial charge in [0, 0.05) is 35.1 Å². The van der Waals surface area contributed by atoms with Crippen molar-refractivity contribution in [3.63, 3.8) is 0 Å². The first-order chi connectivity index (χ1) is 14.1. The fraction of sp³-hybridized carbons (Fsp3) is 0.227. The van der Waals surface area contributed by atoms with Gasteiger partial charge in [-0.15, -0.1) is 0 Å². The second-order valence-electron chi connectivity index (χ2n) is 7.22. The van der Waals surface area contributed by atoms with Gasteiger partial charge in [-0.05, 0) is 36.1 Å². The maximum atomic E-state index is 12.2. The molecule has 4 N–H and O–H groups in total. The molecule has 0 saturated carbocycles. The highest BCUT2D eigenvalue weighted by Crippen LogP contribution is 2.27. The summed E-state index contributed by atoms with van der Waals surface area (Å²) in [6, 6.07) is 15.4. The number of benzene rings is 2. The van der Waals surface area contributed by atoms with Gasteiger partial charge < -0.3 is 10.3 Å². The van der Waals surface area contributed by atoms with Crippen LogP contribution in [0.15, 0.2) is 54.7 Å². The third-order valence-corrected chi connectivity index (χ3v) is 5.20. The lowest BCUT2D eigenvalue weighted by Crippen LogP contribution is -2.42. The van der Waals surface area contributed by atoms with Crippen molar-refractivity contribution < 1.29 is 14.4 Å². The molecule has 3 aromatic rings. The van der Waals surface area contributed by atoms with Crippen LogP contribution < -0.4 is 16.2 Å². The van der Waals surface area contributed by atoms with Crippen LogP contribution in [0.1, 0.15) is 24.0 Å². The van der Waals surface area contributed by atoms with Crippen molar-refractivity contribution >= 4 is 34.3 Å². The molecule has 1 aliphatic heterocycles. The molecule has 0 fully saturated rings. The van der Waals surface area contributed by atoms with Crippen LogP contribution >= 0.6 is 0 Å². The highest BCUT2D eigenvalue weighted by Gasteiger charge is 2.26. The van der Waals surface area contributed by atoms with Crippen LogP contribution in [0.25, 0.3) is 10.9 Å². The van der Waals surface area contributed by atoms with Gasteiger partial charge in [-0.1, -0.05) is 36.4 Å². The highest BCUT2D eigenvalue weighted by atomic mass is 16.2. The molecule has 0 saturated heterocycles. The molecular weight excluding hydrogens is 368 g/mol. The minimum Gasteiger partial charge on any atom is -0.361 e. The Hall–Kier alpha value is -3.61. The molecule has 2 heterocycles. The molecule has 0 spiro atoms. The van der Waals surface area contributed by atoms with Crippen molar-refractivity contribution in [1.29, 1.82) is 0 Å².